The number of aromatic carboxylic acids is 1. The van der Waals surface area contributed by atoms with Crippen LogP contribution in [0.1, 0.15) is 66.0 Å². The summed E-state index contributed by atoms with van der Waals surface area (Å²) in [5.74, 6) is -5.00. The molecule has 0 aromatic heterocycles. The molecule has 0 amide bonds. The molecule has 2 unspecified atom stereocenters. The predicted molar refractivity (Wildman–Crippen MR) is 193 cm³/mol. The van der Waals surface area contributed by atoms with Crippen molar-refractivity contribution in [2.45, 2.75) is 40.5 Å². The Labute approximate surface area is 374 Å². The minimum atomic E-state index is -1.40. The molecule has 302 valence electrons. The average molecular weight is 856 g/mol. The van der Waals surface area contributed by atoms with E-state index < -0.39 is 52.6 Å². The number of carboxylic acids is 3. The zero-order valence-corrected chi connectivity index (χ0v) is 36.8. The molecule has 0 saturated heterocycles. The number of carboxylic acid groups (broad SMARTS) is 3. The van der Waals surface area contributed by atoms with Gasteiger partial charge >= 0.3 is 85.7 Å². The molecule has 0 spiro atoms. The summed E-state index contributed by atoms with van der Waals surface area (Å²) in [5.41, 5.74) is 1.96. The minimum Gasteiger partial charge on any atom is -0.549 e. The molecule has 1 aliphatic carbocycles. The summed E-state index contributed by atoms with van der Waals surface area (Å²) in [4.78, 5) is 85.5. The van der Waals surface area contributed by atoms with Gasteiger partial charge in [0.25, 0.3) is 0 Å². The van der Waals surface area contributed by atoms with Crippen LogP contribution in [-0.2, 0) is 44.7 Å². The molecule has 3 rings (SSSR count). The van der Waals surface area contributed by atoms with Crippen LogP contribution < -0.4 is 75.4 Å². The third kappa shape index (κ3) is 17.8. The molecule has 2 atom stereocenters. The van der Waals surface area contributed by atoms with Crippen molar-refractivity contribution in [2.75, 3.05) is 41.7 Å². The van der Waals surface area contributed by atoms with Crippen LogP contribution >= 0.6 is 23.2 Å². The summed E-state index contributed by atoms with van der Waals surface area (Å²) >= 11 is 8.98. The number of aliphatic carboxylic acids is 2. The van der Waals surface area contributed by atoms with E-state index in [1.165, 1.54) is 40.4 Å². The molecule has 20 heteroatoms. The van der Waals surface area contributed by atoms with Gasteiger partial charge in [0.15, 0.2) is 5.78 Å². The van der Waals surface area contributed by atoms with Crippen molar-refractivity contribution in [3.8, 4) is 23.0 Å². The summed E-state index contributed by atoms with van der Waals surface area (Å²) in [6, 6.07) is 6.23. The Balaban J connectivity index is 0. The summed E-state index contributed by atoms with van der Waals surface area (Å²) < 4.78 is 29.8. The zero-order valence-electron chi connectivity index (χ0n) is 32.1. The molecule has 2 aromatic carbocycles. The topological polar surface area (TPSA) is 255 Å². The van der Waals surface area contributed by atoms with Gasteiger partial charge in [0.1, 0.15) is 28.6 Å². The van der Waals surface area contributed by atoms with Crippen molar-refractivity contribution in [1.82, 2.24) is 0 Å². The number of halogens is 2. The number of hydrogen-bond donors (Lipinski definition) is 2. The Morgan fingerprint density at radius 1 is 0.768 bits per heavy atom. The van der Waals surface area contributed by atoms with E-state index in [0.29, 0.717) is 35.0 Å². The third-order valence-corrected chi connectivity index (χ3v) is 7.50. The van der Waals surface area contributed by atoms with Crippen molar-refractivity contribution in [3.05, 3.63) is 52.1 Å². The third-order valence-electron chi connectivity index (χ3n) is 7.06. The molecule has 1 aliphatic rings. The minimum absolute atomic E-state index is 0. The number of fused-ring (bicyclic) bond motifs is 1. The van der Waals surface area contributed by atoms with Crippen LogP contribution in [0.15, 0.2) is 29.8 Å². The first-order valence-corrected chi connectivity index (χ1v) is 16.6. The van der Waals surface area contributed by atoms with E-state index >= 15 is 0 Å². The van der Waals surface area contributed by atoms with Crippen molar-refractivity contribution in [3.63, 3.8) is 0 Å². The second kappa shape index (κ2) is 27.5. The molecule has 0 bridgehead atoms. The first kappa shape index (κ1) is 54.1. The molecule has 17 nitrogen and oxygen atoms in total. The van der Waals surface area contributed by atoms with Crippen LogP contribution in [-0.4, -0.2) is 98.0 Å². The normalized spacial score (nSPS) is 11.8. The number of carbonyl (C=O) groups is 8. The number of esters is 2. The van der Waals surface area contributed by atoms with E-state index in [9.17, 15) is 43.5 Å². The number of ether oxygens (including phenoxy) is 6. The maximum Gasteiger partial charge on any atom is 1.00 e. The second-order valence-corrected chi connectivity index (χ2v) is 11.4. The van der Waals surface area contributed by atoms with Gasteiger partial charge < -0.3 is 48.5 Å². The molecular weight excluding hydrogens is 814 g/mol. The Hall–Kier alpha value is -4.04. The Morgan fingerprint density at radius 2 is 1.25 bits per heavy atom. The van der Waals surface area contributed by atoms with Crippen molar-refractivity contribution in [1.29, 1.82) is 0 Å². The molecule has 2 N–H and O–H groups in total. The van der Waals surface area contributed by atoms with Crippen molar-refractivity contribution < 1.29 is 133 Å². The van der Waals surface area contributed by atoms with Crippen LogP contribution in [0.5, 0.6) is 23.0 Å². The summed E-state index contributed by atoms with van der Waals surface area (Å²) in [7, 11) is 5.78. The summed E-state index contributed by atoms with van der Waals surface area (Å²) in [6.07, 6.45) is 1.63. The van der Waals surface area contributed by atoms with Crippen molar-refractivity contribution in [2.24, 2.45) is 11.8 Å². The van der Waals surface area contributed by atoms with Gasteiger partial charge in [0.05, 0.1) is 71.4 Å². The SMILES string of the molecule is CCOC(=O)C(C)C(=O)[O-].CCOC(=O)C(C)C1=Cc2cc(OC)cc(OC)c2C(=O)C1.COc1cc(CC(=O)O)c(C(=O)O)c(OC)c1.O=C(Cl)C(=O)Cl.[K+]. The fraction of sp³-hybridized carbons (Fsp3) is 0.389. The van der Waals surface area contributed by atoms with Gasteiger partial charge in [-0.3, -0.25) is 28.8 Å². The van der Waals surface area contributed by atoms with Crippen LogP contribution in [0.3, 0.4) is 0 Å². The smallest absolute Gasteiger partial charge is 0.549 e. The van der Waals surface area contributed by atoms with Crippen LogP contribution in [0.2, 0.25) is 0 Å². The monoisotopic (exact) mass is 854 g/mol. The van der Waals surface area contributed by atoms with E-state index in [-0.39, 0.29) is 93.0 Å². The molecule has 0 radical (unpaired) electrons. The first-order chi connectivity index (χ1) is 25.7. The van der Waals surface area contributed by atoms with Gasteiger partial charge in [-0.05, 0) is 79.7 Å². The van der Waals surface area contributed by atoms with E-state index in [2.05, 4.69) is 27.9 Å². The van der Waals surface area contributed by atoms with Gasteiger partial charge in [0.2, 0.25) is 0 Å². The number of ketones is 1. The van der Waals surface area contributed by atoms with E-state index in [1.807, 2.05) is 6.08 Å². The van der Waals surface area contributed by atoms with E-state index in [1.54, 1.807) is 40.0 Å². The van der Waals surface area contributed by atoms with Crippen LogP contribution in [0, 0.1) is 11.8 Å². The number of rotatable bonds is 14. The standard InChI is InChI=1S/C17H20O5.C11H12O6.C6H10O4.C2Cl2O2.K/c1-5-22-17(19)10(2)11-6-12-7-13(20-3)9-15(21-4)16(12)14(18)8-11;1-16-7-3-6(4-9(12)13)10(11(14)15)8(5-7)17-2;1-3-10-6(9)4(2)5(7)8;3-1(5)2(4)6;/h6-7,9-10H,5,8H2,1-4H3;3,5H,4H2,1-2H3,(H,12,13)(H,14,15);4H,3H2,1-2H3,(H,7,8);;/q;;;;+1/p-1. The molecular formula is C36H41Cl2KO17. The molecule has 0 heterocycles. The van der Waals surface area contributed by atoms with Gasteiger partial charge in [-0.2, -0.15) is 0 Å². The fourth-order valence-corrected chi connectivity index (χ4v) is 4.36. The maximum absolute atomic E-state index is 12.4. The number of methoxy groups -OCH3 is 4. The molecule has 0 aliphatic heterocycles. The van der Waals surface area contributed by atoms with Crippen LogP contribution in [0.25, 0.3) is 6.08 Å². The largest absolute Gasteiger partial charge is 1.00 e. The van der Waals surface area contributed by atoms with Crippen molar-refractivity contribution >= 4 is 75.4 Å². The summed E-state index contributed by atoms with van der Waals surface area (Å²) in [5, 5.41) is 25.5. The molecule has 56 heavy (non-hydrogen) atoms. The van der Waals surface area contributed by atoms with Gasteiger partial charge in [-0.15, -0.1) is 0 Å². The van der Waals surface area contributed by atoms with Gasteiger partial charge in [-0.25, -0.2) is 4.79 Å². The average Bonchev–Trinajstić information content (AvgIpc) is 3.13. The Kier molecular flexibility index (Phi) is 26.6. The molecule has 0 saturated carbocycles. The van der Waals surface area contributed by atoms with E-state index in [4.69, 9.17) is 33.9 Å². The number of benzene rings is 2. The van der Waals surface area contributed by atoms with Gasteiger partial charge in [0, 0.05) is 18.6 Å². The number of hydrogen-bond acceptors (Lipinski definition) is 15. The maximum atomic E-state index is 12.4. The number of carbonyl (C=O) groups excluding carboxylic acids is 6. The van der Waals surface area contributed by atoms with E-state index in [0.717, 1.165) is 5.57 Å². The fourth-order valence-electron chi connectivity index (χ4n) is 4.36. The quantitative estimate of drug-likeness (QED) is 0.0855. The summed E-state index contributed by atoms with van der Waals surface area (Å²) in [6.45, 7) is 6.86. The molecule has 2 aromatic rings. The predicted octanol–water partition coefficient (Wildman–Crippen LogP) is 0.359. The Bertz CT molecular complexity index is 1760. The zero-order chi connectivity index (χ0) is 42.6. The number of Topliss-reactive ketones (excluding diaryl/α,β-unsaturated/α-hetero) is 1. The van der Waals surface area contributed by atoms with Gasteiger partial charge in [-0.1, -0.05) is 6.08 Å². The Morgan fingerprint density at radius 3 is 1.66 bits per heavy atom. The molecule has 0 fully saturated rings. The second-order valence-electron chi connectivity index (χ2n) is 10.7. The van der Waals surface area contributed by atoms with Crippen LogP contribution in [0.4, 0.5) is 0 Å². The first-order valence-electron chi connectivity index (χ1n) is 15.9.